The fraction of sp³-hybridized carbons (Fsp3) is 0.400. The third-order valence-electron chi connectivity index (χ3n) is 3.79. The molecule has 2 rings (SSSR count). The summed E-state index contributed by atoms with van der Waals surface area (Å²) >= 11 is 0. The average molecular weight is 266 g/mol. The van der Waals surface area contributed by atoms with E-state index in [1.807, 2.05) is 0 Å². The van der Waals surface area contributed by atoms with E-state index < -0.39 is 23.0 Å². The average Bonchev–Trinajstić information content (AvgIpc) is 2.40. The van der Waals surface area contributed by atoms with Crippen LogP contribution in [-0.2, 0) is 10.2 Å². The van der Waals surface area contributed by atoms with Gasteiger partial charge in [-0.15, -0.1) is 0 Å². The first-order valence-electron chi connectivity index (χ1n) is 6.41. The van der Waals surface area contributed by atoms with Gasteiger partial charge in [0.15, 0.2) is 11.6 Å². The Kier molecular flexibility index (Phi) is 3.98. The van der Waals surface area contributed by atoms with Gasteiger partial charge < -0.3 is 5.11 Å². The summed E-state index contributed by atoms with van der Waals surface area (Å²) in [7, 11) is 0. The number of aliphatic carboxylic acids is 1. The molecule has 0 saturated heterocycles. The predicted molar refractivity (Wildman–Crippen MR) is 67.9 cm³/mol. The molecule has 0 heterocycles. The van der Waals surface area contributed by atoms with E-state index in [0.717, 1.165) is 44.2 Å². The molecule has 19 heavy (non-hydrogen) atoms. The maximum absolute atomic E-state index is 13.4. The third kappa shape index (κ3) is 3.00. The van der Waals surface area contributed by atoms with Gasteiger partial charge in [-0.2, -0.15) is 0 Å². The smallest absolute Gasteiger partial charge is 0.328 e. The van der Waals surface area contributed by atoms with E-state index >= 15 is 0 Å². The van der Waals surface area contributed by atoms with Gasteiger partial charge in [-0.1, -0.05) is 31.4 Å². The molecular weight excluding hydrogens is 250 g/mol. The van der Waals surface area contributed by atoms with Crippen molar-refractivity contribution in [1.29, 1.82) is 0 Å². The van der Waals surface area contributed by atoms with Gasteiger partial charge in [-0.3, -0.25) is 0 Å². The van der Waals surface area contributed by atoms with Crippen LogP contribution in [0, 0.1) is 11.6 Å². The van der Waals surface area contributed by atoms with Crippen LogP contribution in [0.1, 0.15) is 37.7 Å². The highest BCUT2D eigenvalue weighted by Crippen LogP contribution is 2.41. The number of rotatable bonds is 3. The number of carbonyl (C=O) groups is 1. The van der Waals surface area contributed by atoms with Crippen molar-refractivity contribution >= 4 is 5.97 Å². The zero-order chi connectivity index (χ0) is 13.9. The lowest BCUT2D eigenvalue weighted by atomic mass is 9.69. The molecule has 102 valence electrons. The highest BCUT2D eigenvalue weighted by molar-refractivity contribution is 5.80. The Labute approximate surface area is 110 Å². The van der Waals surface area contributed by atoms with Crippen LogP contribution < -0.4 is 0 Å². The van der Waals surface area contributed by atoms with Crippen LogP contribution in [0.5, 0.6) is 0 Å². The summed E-state index contributed by atoms with van der Waals surface area (Å²) in [5, 5.41) is 8.78. The van der Waals surface area contributed by atoms with Gasteiger partial charge in [0.1, 0.15) is 0 Å². The first-order chi connectivity index (χ1) is 9.03. The van der Waals surface area contributed by atoms with Gasteiger partial charge in [0.05, 0.1) is 0 Å². The third-order valence-corrected chi connectivity index (χ3v) is 3.79. The molecule has 4 heteroatoms. The van der Waals surface area contributed by atoms with E-state index in [-0.39, 0.29) is 0 Å². The van der Waals surface area contributed by atoms with Crippen LogP contribution in [0.4, 0.5) is 8.78 Å². The van der Waals surface area contributed by atoms with Crippen LogP contribution in [-0.4, -0.2) is 11.1 Å². The van der Waals surface area contributed by atoms with E-state index in [1.165, 1.54) is 6.07 Å². The number of hydrogen-bond acceptors (Lipinski definition) is 1. The summed E-state index contributed by atoms with van der Waals surface area (Å²) in [6.07, 6.45) is 7.27. The minimum Gasteiger partial charge on any atom is -0.478 e. The molecule has 1 aromatic carbocycles. The number of carboxylic acid groups (broad SMARTS) is 1. The second-order valence-corrected chi connectivity index (χ2v) is 5.02. The predicted octanol–water partition coefficient (Wildman–Crippen LogP) is 3.81. The minimum atomic E-state index is -1.02. The monoisotopic (exact) mass is 266 g/mol. The van der Waals surface area contributed by atoms with Gasteiger partial charge in [0.25, 0.3) is 0 Å². The van der Waals surface area contributed by atoms with Crippen molar-refractivity contribution in [2.45, 2.75) is 37.5 Å². The van der Waals surface area contributed by atoms with E-state index in [4.69, 9.17) is 5.11 Å². The van der Waals surface area contributed by atoms with Gasteiger partial charge >= 0.3 is 5.97 Å². The minimum absolute atomic E-state index is 0.481. The molecule has 0 aliphatic heterocycles. The standard InChI is InChI=1S/C15H16F2O2/c16-12-5-4-11(10-13(12)17)15(9-6-14(18)19)7-2-1-3-8-15/h4-6,9-10H,1-3,7-8H2,(H,18,19). The van der Waals surface area contributed by atoms with Crippen molar-refractivity contribution in [2.75, 3.05) is 0 Å². The second-order valence-electron chi connectivity index (χ2n) is 5.02. The highest BCUT2D eigenvalue weighted by Gasteiger charge is 2.32. The number of allylic oxidation sites excluding steroid dienone is 1. The topological polar surface area (TPSA) is 37.3 Å². The second kappa shape index (κ2) is 5.51. The van der Waals surface area contributed by atoms with Crippen molar-refractivity contribution < 1.29 is 18.7 Å². The Hall–Kier alpha value is -1.71. The summed E-state index contributed by atoms with van der Waals surface area (Å²) in [5.41, 5.74) is 0.175. The molecule has 0 radical (unpaired) electrons. The molecule has 0 amide bonds. The molecule has 0 spiro atoms. The molecule has 0 aromatic heterocycles. The number of benzene rings is 1. The van der Waals surface area contributed by atoms with E-state index in [9.17, 15) is 13.6 Å². The van der Waals surface area contributed by atoms with Gasteiger partial charge in [0, 0.05) is 11.5 Å². The van der Waals surface area contributed by atoms with Crippen molar-refractivity contribution in [3.8, 4) is 0 Å². The van der Waals surface area contributed by atoms with Crippen LogP contribution in [0.3, 0.4) is 0 Å². The molecular formula is C15H16F2O2. The van der Waals surface area contributed by atoms with Gasteiger partial charge in [-0.05, 0) is 30.5 Å². The van der Waals surface area contributed by atoms with Crippen molar-refractivity contribution in [3.63, 3.8) is 0 Å². The van der Waals surface area contributed by atoms with Crippen LogP contribution in [0.2, 0.25) is 0 Å². The number of halogens is 2. The summed E-state index contributed by atoms with van der Waals surface area (Å²) in [5.74, 6) is -2.78. The van der Waals surface area contributed by atoms with Crippen molar-refractivity contribution in [3.05, 3.63) is 47.5 Å². The largest absolute Gasteiger partial charge is 0.478 e. The lowest BCUT2D eigenvalue weighted by molar-refractivity contribution is -0.131. The SMILES string of the molecule is O=C(O)C=CC1(c2ccc(F)c(F)c2)CCCCC1. The Morgan fingerprint density at radius 1 is 1.16 bits per heavy atom. The lowest BCUT2D eigenvalue weighted by Crippen LogP contribution is -2.27. The molecule has 1 aromatic rings. The van der Waals surface area contributed by atoms with E-state index in [2.05, 4.69) is 0 Å². The molecule has 1 saturated carbocycles. The Morgan fingerprint density at radius 2 is 1.84 bits per heavy atom. The molecule has 0 unspecified atom stereocenters. The Morgan fingerprint density at radius 3 is 2.42 bits per heavy atom. The first-order valence-corrected chi connectivity index (χ1v) is 6.41. The molecule has 2 nitrogen and oxygen atoms in total. The maximum Gasteiger partial charge on any atom is 0.328 e. The molecule has 1 aliphatic rings. The quantitative estimate of drug-likeness (QED) is 0.845. The number of hydrogen-bond donors (Lipinski definition) is 1. The molecule has 0 bridgehead atoms. The normalized spacial score (nSPS) is 18.6. The molecule has 1 aliphatic carbocycles. The van der Waals surface area contributed by atoms with Gasteiger partial charge in [-0.25, -0.2) is 13.6 Å². The molecule has 0 atom stereocenters. The Balaban J connectivity index is 2.41. The summed E-state index contributed by atoms with van der Waals surface area (Å²) in [6.45, 7) is 0. The van der Waals surface area contributed by atoms with Crippen LogP contribution >= 0.6 is 0 Å². The summed E-state index contributed by atoms with van der Waals surface area (Å²) in [4.78, 5) is 10.7. The molecule has 1 fully saturated rings. The van der Waals surface area contributed by atoms with Crippen LogP contribution in [0.15, 0.2) is 30.4 Å². The van der Waals surface area contributed by atoms with Gasteiger partial charge in [0.2, 0.25) is 0 Å². The zero-order valence-corrected chi connectivity index (χ0v) is 10.5. The highest BCUT2D eigenvalue weighted by atomic mass is 19.2. The fourth-order valence-corrected chi connectivity index (χ4v) is 2.77. The Bertz CT molecular complexity index is 503. The maximum atomic E-state index is 13.4. The van der Waals surface area contributed by atoms with Crippen molar-refractivity contribution in [2.24, 2.45) is 0 Å². The van der Waals surface area contributed by atoms with Crippen LogP contribution in [0.25, 0.3) is 0 Å². The summed E-state index contributed by atoms with van der Waals surface area (Å²) < 4.78 is 26.4. The fourth-order valence-electron chi connectivity index (χ4n) is 2.77. The summed E-state index contributed by atoms with van der Waals surface area (Å²) in [6, 6.07) is 3.85. The number of carboxylic acids is 1. The van der Waals surface area contributed by atoms with E-state index in [0.29, 0.717) is 5.56 Å². The first kappa shape index (κ1) is 13.7. The zero-order valence-electron chi connectivity index (χ0n) is 10.5. The lowest BCUT2D eigenvalue weighted by Gasteiger charge is -2.35. The van der Waals surface area contributed by atoms with Crippen molar-refractivity contribution in [1.82, 2.24) is 0 Å². The molecule has 1 N–H and O–H groups in total. The van der Waals surface area contributed by atoms with E-state index in [1.54, 1.807) is 12.1 Å².